The predicted molar refractivity (Wildman–Crippen MR) is 84.0 cm³/mol. The van der Waals surface area contributed by atoms with Crippen molar-refractivity contribution in [2.45, 2.75) is 23.9 Å². The fourth-order valence-electron chi connectivity index (χ4n) is 2.37. The van der Waals surface area contributed by atoms with Crippen LogP contribution in [-0.2, 0) is 4.74 Å². The second kappa shape index (κ2) is 7.25. The van der Waals surface area contributed by atoms with E-state index in [9.17, 15) is 18.0 Å². The molecule has 0 radical (unpaired) electrons. The number of ether oxygens (including phenoxy) is 2. The number of esters is 1. The summed E-state index contributed by atoms with van der Waals surface area (Å²) in [5.74, 6) is 0.570. The number of methoxy groups -OCH3 is 2. The molecule has 0 amide bonds. The quantitative estimate of drug-likeness (QED) is 0.653. The molecule has 1 aromatic carbocycles. The van der Waals surface area contributed by atoms with Crippen molar-refractivity contribution < 1.29 is 27.4 Å². The Kier molecular flexibility index (Phi) is 5.56. The van der Waals surface area contributed by atoms with Crippen LogP contribution in [0.2, 0.25) is 0 Å². The molecule has 1 aliphatic heterocycles. The van der Waals surface area contributed by atoms with Gasteiger partial charge >= 0.3 is 12.1 Å². The molecule has 1 heterocycles. The molecule has 1 unspecified atom stereocenters. The number of thiol groups is 1. The van der Waals surface area contributed by atoms with Crippen molar-refractivity contribution in [3.8, 4) is 5.75 Å². The summed E-state index contributed by atoms with van der Waals surface area (Å²) in [7, 11) is 1.82. The normalized spacial score (nSPS) is 19.3. The van der Waals surface area contributed by atoms with Crippen LogP contribution >= 0.6 is 10.9 Å². The number of alkyl halides is 3. The topological polar surface area (TPSA) is 47.9 Å². The monoisotopic (exact) mass is 349 g/mol. The van der Waals surface area contributed by atoms with Crippen molar-refractivity contribution >= 4 is 21.9 Å². The van der Waals surface area contributed by atoms with Gasteiger partial charge in [0.15, 0.2) is 0 Å². The molecule has 1 aliphatic rings. The first-order chi connectivity index (χ1) is 10.9. The SMILES string of the molecule is COC(=O)c1ccc([SH]2CCN=C2CCC(F)(F)F)cc1OC. The number of nitrogens with zero attached hydrogens (tertiary/aromatic N) is 1. The third-order valence-corrected chi connectivity index (χ3v) is 6.00. The Morgan fingerprint density at radius 1 is 1.35 bits per heavy atom. The van der Waals surface area contributed by atoms with Gasteiger partial charge in [-0.1, -0.05) is 0 Å². The van der Waals surface area contributed by atoms with Crippen LogP contribution < -0.4 is 4.74 Å². The molecular formula is C15H18F3NO3S. The highest BCUT2D eigenvalue weighted by Gasteiger charge is 2.30. The van der Waals surface area contributed by atoms with Crippen molar-refractivity contribution in [3.63, 3.8) is 0 Å². The molecule has 1 aromatic rings. The van der Waals surface area contributed by atoms with E-state index in [1.54, 1.807) is 18.2 Å². The van der Waals surface area contributed by atoms with E-state index in [4.69, 9.17) is 4.74 Å². The van der Waals surface area contributed by atoms with Crippen molar-refractivity contribution in [2.75, 3.05) is 26.5 Å². The van der Waals surface area contributed by atoms with Gasteiger partial charge in [0.1, 0.15) is 11.3 Å². The fraction of sp³-hybridized carbons (Fsp3) is 0.467. The van der Waals surface area contributed by atoms with E-state index in [0.29, 0.717) is 22.9 Å². The number of carbonyl (C=O) groups is 1. The lowest BCUT2D eigenvalue weighted by molar-refractivity contribution is -0.132. The van der Waals surface area contributed by atoms with E-state index in [1.165, 1.54) is 14.2 Å². The van der Waals surface area contributed by atoms with Crippen molar-refractivity contribution in [1.29, 1.82) is 0 Å². The largest absolute Gasteiger partial charge is 0.496 e. The summed E-state index contributed by atoms with van der Waals surface area (Å²) in [4.78, 5) is 16.8. The molecule has 0 N–H and O–H groups in total. The van der Waals surface area contributed by atoms with Gasteiger partial charge in [-0.15, -0.1) is 0 Å². The average Bonchev–Trinajstić information content (AvgIpc) is 2.99. The Bertz CT molecular complexity index is 616. The van der Waals surface area contributed by atoms with E-state index in [2.05, 4.69) is 9.73 Å². The first-order valence-electron chi connectivity index (χ1n) is 6.99. The molecule has 8 heteroatoms. The number of halogens is 3. The maximum absolute atomic E-state index is 12.4. The molecule has 0 bridgehead atoms. The lowest BCUT2D eigenvalue weighted by atomic mass is 10.2. The average molecular weight is 349 g/mol. The van der Waals surface area contributed by atoms with Gasteiger partial charge in [-0.2, -0.15) is 24.1 Å². The Labute approximate surface area is 135 Å². The van der Waals surface area contributed by atoms with E-state index in [1.807, 2.05) is 0 Å². The maximum atomic E-state index is 12.4. The highest BCUT2D eigenvalue weighted by Crippen LogP contribution is 2.45. The first kappa shape index (κ1) is 17.7. The summed E-state index contributed by atoms with van der Waals surface area (Å²) in [6, 6.07) is 5.03. The number of rotatable bonds is 5. The number of carbonyl (C=O) groups excluding carboxylic acids is 1. The van der Waals surface area contributed by atoms with Gasteiger partial charge in [0.25, 0.3) is 0 Å². The second-order valence-electron chi connectivity index (χ2n) is 4.94. The van der Waals surface area contributed by atoms with Crippen LogP contribution in [0.1, 0.15) is 23.2 Å². The van der Waals surface area contributed by atoms with E-state index in [0.717, 1.165) is 10.6 Å². The number of aliphatic imine (C=N–C) groups is 1. The summed E-state index contributed by atoms with van der Waals surface area (Å²) in [5, 5.41) is 0.616. The lowest BCUT2D eigenvalue weighted by Crippen LogP contribution is -2.10. The molecule has 0 saturated carbocycles. The summed E-state index contributed by atoms with van der Waals surface area (Å²) in [5.41, 5.74) is 0.293. The van der Waals surface area contributed by atoms with Gasteiger partial charge in [-0.25, -0.2) is 4.79 Å². The maximum Gasteiger partial charge on any atom is 0.389 e. The van der Waals surface area contributed by atoms with Crippen LogP contribution in [0.5, 0.6) is 5.75 Å². The Hall–Kier alpha value is -1.70. The molecule has 128 valence electrons. The van der Waals surface area contributed by atoms with Gasteiger partial charge in [0.05, 0.1) is 19.3 Å². The van der Waals surface area contributed by atoms with Gasteiger partial charge in [-0.3, -0.25) is 4.99 Å². The molecule has 4 nitrogen and oxygen atoms in total. The fourth-order valence-corrected chi connectivity index (χ4v) is 4.66. The minimum atomic E-state index is -4.18. The zero-order valence-electron chi connectivity index (χ0n) is 12.8. The van der Waals surface area contributed by atoms with Gasteiger partial charge in [0.2, 0.25) is 0 Å². The summed E-state index contributed by atoms with van der Waals surface area (Å²) < 4.78 is 47.1. The number of benzene rings is 1. The zero-order valence-corrected chi connectivity index (χ0v) is 13.7. The molecule has 1 atom stereocenters. The summed E-state index contributed by atoms with van der Waals surface area (Å²) >= 11 is 0. The van der Waals surface area contributed by atoms with E-state index in [-0.39, 0.29) is 6.42 Å². The summed E-state index contributed by atoms with van der Waals surface area (Å²) in [6.45, 7) is 0.542. The lowest BCUT2D eigenvalue weighted by Gasteiger charge is -2.20. The smallest absolute Gasteiger partial charge is 0.389 e. The van der Waals surface area contributed by atoms with Crippen LogP contribution in [0.25, 0.3) is 0 Å². The molecule has 2 rings (SSSR count). The van der Waals surface area contributed by atoms with Gasteiger partial charge in [0, 0.05) is 25.1 Å². The van der Waals surface area contributed by atoms with Crippen LogP contribution in [0.15, 0.2) is 28.1 Å². The minimum Gasteiger partial charge on any atom is -0.496 e. The number of hydrogen-bond acceptors (Lipinski definition) is 4. The van der Waals surface area contributed by atoms with Crippen molar-refractivity contribution in [1.82, 2.24) is 0 Å². The van der Waals surface area contributed by atoms with E-state index < -0.39 is 29.5 Å². The van der Waals surface area contributed by atoms with Gasteiger partial charge < -0.3 is 9.47 Å². The Morgan fingerprint density at radius 2 is 2.09 bits per heavy atom. The molecule has 0 fully saturated rings. The third kappa shape index (κ3) is 4.40. The molecule has 0 aliphatic carbocycles. The minimum absolute atomic E-state index is 0.0731. The van der Waals surface area contributed by atoms with Crippen LogP contribution in [0, 0.1) is 0 Å². The van der Waals surface area contributed by atoms with Crippen LogP contribution in [0.3, 0.4) is 0 Å². The van der Waals surface area contributed by atoms with Crippen molar-refractivity contribution in [3.05, 3.63) is 23.8 Å². The molecular weight excluding hydrogens is 331 g/mol. The first-order valence-corrected chi connectivity index (χ1v) is 8.52. The molecule has 0 aromatic heterocycles. The van der Waals surface area contributed by atoms with Crippen LogP contribution in [0.4, 0.5) is 13.2 Å². The molecule has 0 spiro atoms. The molecule has 23 heavy (non-hydrogen) atoms. The third-order valence-electron chi connectivity index (χ3n) is 3.46. The number of hydrogen-bond donors (Lipinski definition) is 1. The second-order valence-corrected chi connectivity index (χ2v) is 7.28. The Balaban J connectivity index is 2.21. The Morgan fingerprint density at radius 3 is 2.70 bits per heavy atom. The summed E-state index contributed by atoms with van der Waals surface area (Å²) in [6.07, 6.45) is -5.11. The van der Waals surface area contributed by atoms with Crippen molar-refractivity contribution in [2.24, 2.45) is 4.99 Å². The standard InChI is InChI=1S/C15H18F3NO3S/c1-21-12-9-10(3-4-11(12)14(20)22-2)23-8-7-19-13(23)5-6-15(16,17)18/h3-4,9,23H,5-8H2,1-2H3. The molecule has 0 saturated heterocycles. The zero-order chi connectivity index (χ0) is 17.0. The van der Waals surface area contributed by atoms with Crippen LogP contribution in [-0.4, -0.2) is 43.7 Å². The predicted octanol–water partition coefficient (Wildman–Crippen LogP) is 3.60. The van der Waals surface area contributed by atoms with E-state index >= 15 is 0 Å². The highest BCUT2D eigenvalue weighted by molar-refractivity contribution is 8.30. The highest BCUT2D eigenvalue weighted by atomic mass is 32.2. The van der Waals surface area contributed by atoms with Gasteiger partial charge in [-0.05, 0) is 23.1 Å².